The van der Waals surface area contributed by atoms with Gasteiger partial charge in [-0.1, -0.05) is 0 Å². The second kappa shape index (κ2) is 6.04. The maximum absolute atomic E-state index is 12.7. The zero-order valence-corrected chi connectivity index (χ0v) is 14.0. The fraction of sp³-hybridized carbons (Fsp3) is 0.615. The van der Waals surface area contributed by atoms with E-state index in [0.717, 1.165) is 24.2 Å². The Labute approximate surface area is 129 Å². The van der Waals surface area contributed by atoms with Crippen molar-refractivity contribution in [2.24, 2.45) is 0 Å². The van der Waals surface area contributed by atoms with Crippen LogP contribution in [0.3, 0.4) is 0 Å². The van der Waals surface area contributed by atoms with Crippen molar-refractivity contribution in [1.82, 2.24) is 9.21 Å². The van der Waals surface area contributed by atoms with E-state index in [9.17, 15) is 13.2 Å². The number of sulfonamides is 1. The van der Waals surface area contributed by atoms with E-state index in [0.29, 0.717) is 18.7 Å². The number of carboxylic acid groups (broad SMARTS) is 1. The molecule has 0 aliphatic carbocycles. The molecule has 0 amide bonds. The Kier molecular flexibility index (Phi) is 4.72. The van der Waals surface area contributed by atoms with Crippen molar-refractivity contribution in [1.29, 1.82) is 0 Å². The number of nitrogens with zero attached hydrogens (tertiary/aromatic N) is 2. The van der Waals surface area contributed by atoms with Crippen LogP contribution in [-0.2, 0) is 10.0 Å². The first-order valence-electron chi connectivity index (χ1n) is 6.73. The van der Waals surface area contributed by atoms with Gasteiger partial charge in [-0.3, -0.25) is 0 Å². The summed E-state index contributed by atoms with van der Waals surface area (Å²) in [5, 5.41) is 9.08. The number of thiophene rings is 1. The topological polar surface area (TPSA) is 77.9 Å². The van der Waals surface area contributed by atoms with Gasteiger partial charge in [-0.15, -0.1) is 11.3 Å². The average Bonchev–Trinajstić information content (AvgIpc) is 2.95. The highest BCUT2D eigenvalue weighted by Crippen LogP contribution is 2.32. The van der Waals surface area contributed by atoms with E-state index in [1.165, 1.54) is 10.4 Å². The molecule has 1 atom stereocenters. The van der Waals surface area contributed by atoms with Crippen LogP contribution in [0.1, 0.15) is 28.1 Å². The highest BCUT2D eigenvalue weighted by molar-refractivity contribution is 7.91. The molecule has 1 unspecified atom stereocenters. The maximum Gasteiger partial charge on any atom is 0.346 e. The van der Waals surface area contributed by atoms with Crippen LogP contribution in [0, 0.1) is 6.92 Å². The van der Waals surface area contributed by atoms with E-state index in [-0.39, 0.29) is 15.1 Å². The van der Waals surface area contributed by atoms with Crippen LogP contribution < -0.4 is 0 Å². The number of aromatic carboxylic acids is 1. The molecule has 1 saturated heterocycles. The molecule has 21 heavy (non-hydrogen) atoms. The smallest absolute Gasteiger partial charge is 0.346 e. The molecule has 1 aliphatic heterocycles. The van der Waals surface area contributed by atoms with Crippen LogP contribution in [0.5, 0.6) is 0 Å². The molecule has 0 saturated carbocycles. The minimum atomic E-state index is -3.61. The van der Waals surface area contributed by atoms with Crippen molar-refractivity contribution in [3.63, 3.8) is 0 Å². The van der Waals surface area contributed by atoms with Gasteiger partial charge in [0.1, 0.15) is 9.09 Å². The Morgan fingerprint density at radius 2 is 2.19 bits per heavy atom. The third kappa shape index (κ3) is 3.28. The van der Waals surface area contributed by atoms with Gasteiger partial charge in [0.15, 0.2) is 0 Å². The molecule has 1 N–H and O–H groups in total. The van der Waals surface area contributed by atoms with Gasteiger partial charge >= 0.3 is 5.97 Å². The number of aryl methyl sites for hydroxylation is 1. The normalized spacial score (nSPS) is 20.3. The molecule has 2 rings (SSSR count). The molecule has 0 radical (unpaired) electrons. The lowest BCUT2D eigenvalue weighted by atomic mass is 10.2. The first kappa shape index (κ1) is 16.4. The highest BCUT2D eigenvalue weighted by atomic mass is 32.2. The monoisotopic (exact) mass is 332 g/mol. The van der Waals surface area contributed by atoms with E-state index in [2.05, 4.69) is 0 Å². The fourth-order valence-electron chi connectivity index (χ4n) is 2.64. The van der Waals surface area contributed by atoms with Gasteiger partial charge < -0.3 is 10.0 Å². The molecule has 1 aliphatic rings. The van der Waals surface area contributed by atoms with E-state index >= 15 is 0 Å². The van der Waals surface area contributed by atoms with Crippen molar-refractivity contribution >= 4 is 27.3 Å². The predicted octanol–water partition coefficient (Wildman–Crippen LogP) is 1.47. The van der Waals surface area contributed by atoms with Crippen LogP contribution in [0.15, 0.2) is 10.3 Å². The second-order valence-corrected chi connectivity index (χ2v) is 8.73. The Morgan fingerprint density at radius 3 is 2.71 bits per heavy atom. The maximum atomic E-state index is 12.7. The van der Waals surface area contributed by atoms with E-state index in [4.69, 9.17) is 5.11 Å². The van der Waals surface area contributed by atoms with Crippen LogP contribution in [0.25, 0.3) is 0 Å². The standard InChI is InChI=1S/C13H20N2O4S2/c1-9-7-11(20-12(9)13(16)17)21(18,19)15-6-4-5-10(15)8-14(2)3/h7,10H,4-6,8H2,1-3H3,(H,16,17). The molecule has 2 heterocycles. The Bertz CT molecular complexity index is 637. The summed E-state index contributed by atoms with van der Waals surface area (Å²) < 4.78 is 27.1. The lowest BCUT2D eigenvalue weighted by Gasteiger charge is -2.25. The van der Waals surface area contributed by atoms with Gasteiger partial charge in [-0.25, -0.2) is 13.2 Å². The van der Waals surface area contributed by atoms with E-state index < -0.39 is 16.0 Å². The molecule has 0 bridgehead atoms. The first-order chi connectivity index (χ1) is 9.73. The number of hydrogen-bond donors (Lipinski definition) is 1. The Balaban J connectivity index is 2.33. The molecule has 6 nitrogen and oxygen atoms in total. The van der Waals surface area contributed by atoms with Gasteiger partial charge in [0, 0.05) is 19.1 Å². The van der Waals surface area contributed by atoms with Gasteiger partial charge in [0.25, 0.3) is 10.0 Å². The molecule has 8 heteroatoms. The fourth-order valence-corrected chi connectivity index (χ4v) is 5.83. The van der Waals surface area contributed by atoms with Gasteiger partial charge in [0.05, 0.1) is 0 Å². The predicted molar refractivity (Wildman–Crippen MR) is 81.5 cm³/mol. The molecule has 0 spiro atoms. The quantitative estimate of drug-likeness (QED) is 0.883. The van der Waals surface area contributed by atoms with Crippen molar-refractivity contribution in [2.45, 2.75) is 30.0 Å². The van der Waals surface area contributed by atoms with Crippen molar-refractivity contribution in [2.75, 3.05) is 27.2 Å². The van der Waals surface area contributed by atoms with Crippen LogP contribution in [0.2, 0.25) is 0 Å². The molecule has 118 valence electrons. The zero-order chi connectivity index (χ0) is 15.8. The number of carbonyl (C=O) groups is 1. The summed E-state index contributed by atoms with van der Waals surface area (Å²) in [5.41, 5.74) is 0.495. The van der Waals surface area contributed by atoms with Crippen molar-refractivity contribution in [3.05, 3.63) is 16.5 Å². The molecule has 1 aromatic heterocycles. The van der Waals surface area contributed by atoms with E-state index in [1.807, 2.05) is 19.0 Å². The number of carboxylic acids is 1. The number of hydrogen-bond acceptors (Lipinski definition) is 5. The summed E-state index contributed by atoms with van der Waals surface area (Å²) in [6, 6.07) is 1.43. The summed E-state index contributed by atoms with van der Waals surface area (Å²) in [7, 11) is 0.228. The largest absolute Gasteiger partial charge is 0.477 e. The van der Waals surface area contributed by atoms with Crippen LogP contribution in [0.4, 0.5) is 0 Å². The lowest BCUT2D eigenvalue weighted by molar-refractivity contribution is 0.0701. The summed E-state index contributed by atoms with van der Waals surface area (Å²) in [6.45, 7) is 2.80. The van der Waals surface area contributed by atoms with E-state index in [1.54, 1.807) is 6.92 Å². The number of likely N-dealkylation sites (N-methyl/N-ethyl adjacent to an activating group) is 1. The minimum Gasteiger partial charge on any atom is -0.477 e. The summed E-state index contributed by atoms with van der Waals surface area (Å²) in [5.74, 6) is -1.08. The van der Waals surface area contributed by atoms with Gasteiger partial charge in [0.2, 0.25) is 0 Å². The molecule has 1 fully saturated rings. The zero-order valence-electron chi connectivity index (χ0n) is 12.4. The highest BCUT2D eigenvalue weighted by Gasteiger charge is 2.36. The molecular formula is C13H20N2O4S2. The van der Waals surface area contributed by atoms with Gasteiger partial charge in [-0.05, 0) is 45.5 Å². The second-order valence-electron chi connectivity index (χ2n) is 5.56. The van der Waals surface area contributed by atoms with Crippen molar-refractivity contribution in [3.8, 4) is 0 Å². The average molecular weight is 332 g/mol. The summed E-state index contributed by atoms with van der Waals surface area (Å²) in [6.07, 6.45) is 1.68. The molecule has 0 aromatic carbocycles. The lowest BCUT2D eigenvalue weighted by Crippen LogP contribution is -2.40. The SMILES string of the molecule is Cc1cc(S(=O)(=O)N2CCCC2CN(C)C)sc1C(=O)O. The molecular weight excluding hydrogens is 312 g/mol. The number of rotatable bonds is 5. The van der Waals surface area contributed by atoms with Crippen molar-refractivity contribution < 1.29 is 18.3 Å². The molecule has 1 aromatic rings. The Hall–Kier alpha value is -0.960. The first-order valence-corrected chi connectivity index (χ1v) is 8.99. The van der Waals surface area contributed by atoms with Crippen LogP contribution in [-0.4, -0.2) is 61.9 Å². The third-order valence-electron chi connectivity index (χ3n) is 3.55. The van der Waals surface area contributed by atoms with Gasteiger partial charge in [-0.2, -0.15) is 4.31 Å². The third-order valence-corrected chi connectivity index (χ3v) is 7.18. The van der Waals surface area contributed by atoms with Crippen LogP contribution >= 0.6 is 11.3 Å². The summed E-state index contributed by atoms with van der Waals surface area (Å²) in [4.78, 5) is 13.2. The Morgan fingerprint density at radius 1 is 1.52 bits per heavy atom. The minimum absolute atomic E-state index is 0.0410. The summed E-state index contributed by atoms with van der Waals surface area (Å²) >= 11 is 0.840.